The fraction of sp³-hybridized carbons (Fsp3) is 0.766. The van der Waals surface area contributed by atoms with E-state index in [0.29, 0.717) is 10.8 Å². The third-order valence-corrected chi connectivity index (χ3v) is 19.5. The van der Waals surface area contributed by atoms with Crippen LogP contribution in [-0.2, 0) is 25.7 Å². The Kier molecular flexibility index (Phi) is 8.94. The first-order chi connectivity index (χ1) is 25.7. The molecule has 4 N–H and O–H groups in total. The molecule has 0 spiro atoms. The number of rotatable bonds is 0. The Bertz CT molecular complexity index is 1660. The van der Waals surface area contributed by atoms with Crippen LogP contribution in [-0.4, -0.2) is 46.8 Å². The van der Waals surface area contributed by atoms with Crippen LogP contribution in [0, 0.1) is 69.0 Å². The number of aromatic nitrogens is 5. The maximum absolute atomic E-state index is 11.0. The summed E-state index contributed by atoms with van der Waals surface area (Å²) in [5.41, 5.74) is 6.02. The number of hydrogen-bond donors (Lipinski definition) is 4. The third-order valence-electron chi connectivity index (χ3n) is 19.5. The standard InChI is InChI=1S/2C21H32N2O.C5H5N/c2*1-19-11-13-12-22-23-18(13)10-14(19)4-5-15-16(19)6-8-20(2)17(15)7-9-21(20,3)24;1-2-4-6-5-3-1/h2*12,14-17,24H,4-11H2,1-3H3,(H,22,23);1-5H/t2*14-,15+,16-,17-,19-,20-,21-;/m00./s1. The van der Waals surface area contributed by atoms with Crippen LogP contribution in [0.15, 0.2) is 43.0 Å². The Morgan fingerprint density at radius 3 is 1.35 bits per heavy atom. The monoisotopic (exact) mass is 736 g/mol. The molecule has 6 fully saturated rings. The summed E-state index contributed by atoms with van der Waals surface area (Å²) in [7, 11) is 0. The lowest BCUT2D eigenvalue weighted by molar-refractivity contribution is -0.139. The lowest BCUT2D eigenvalue weighted by Crippen LogP contribution is -2.56. The van der Waals surface area contributed by atoms with Crippen molar-refractivity contribution < 1.29 is 10.2 Å². The molecule has 7 heteroatoms. The smallest absolute Gasteiger partial charge is 0.0675 e. The van der Waals surface area contributed by atoms with Crippen molar-refractivity contribution in [2.75, 3.05) is 0 Å². The molecule has 0 saturated heterocycles. The van der Waals surface area contributed by atoms with Gasteiger partial charge in [0.25, 0.3) is 0 Å². The fourth-order valence-corrected chi connectivity index (χ4v) is 15.7. The average Bonchev–Trinajstić information content (AvgIpc) is 3.91. The minimum absolute atomic E-state index is 0.146. The molecular weight excluding hydrogens is 667 g/mol. The molecule has 0 radical (unpaired) electrons. The van der Waals surface area contributed by atoms with E-state index in [1.54, 1.807) is 12.4 Å². The Hall–Kier alpha value is -2.51. The molecule has 6 saturated carbocycles. The number of nitrogens with one attached hydrogen (secondary N) is 2. The summed E-state index contributed by atoms with van der Waals surface area (Å²) in [5.74, 6) is 6.43. The molecule has 0 bridgehead atoms. The number of hydrogen-bond acceptors (Lipinski definition) is 5. The van der Waals surface area contributed by atoms with E-state index >= 15 is 0 Å². The maximum Gasteiger partial charge on any atom is 0.0675 e. The lowest BCUT2D eigenvalue weighted by Gasteiger charge is -2.60. The molecule has 0 unspecified atom stereocenters. The zero-order chi connectivity index (χ0) is 37.7. The van der Waals surface area contributed by atoms with Crippen molar-refractivity contribution in [3.63, 3.8) is 0 Å². The Balaban J connectivity index is 0.000000123. The second-order valence-corrected chi connectivity index (χ2v) is 21.4. The van der Waals surface area contributed by atoms with E-state index in [4.69, 9.17) is 0 Å². The Labute approximate surface area is 324 Å². The van der Waals surface area contributed by atoms with Crippen molar-refractivity contribution in [2.45, 2.75) is 155 Å². The van der Waals surface area contributed by atoms with Gasteiger partial charge in [0.15, 0.2) is 0 Å². The highest BCUT2D eigenvalue weighted by Gasteiger charge is 2.65. The van der Waals surface area contributed by atoms with E-state index in [0.717, 1.165) is 60.2 Å². The normalized spacial score (nSPS) is 48.0. The summed E-state index contributed by atoms with van der Waals surface area (Å²) < 4.78 is 0. The molecule has 294 valence electrons. The van der Waals surface area contributed by atoms with Crippen molar-refractivity contribution in [3.8, 4) is 0 Å². The number of aliphatic hydroxyl groups is 2. The van der Waals surface area contributed by atoms with Crippen molar-refractivity contribution >= 4 is 0 Å². The molecule has 7 nitrogen and oxygen atoms in total. The van der Waals surface area contributed by atoms with Gasteiger partial charge in [-0.25, -0.2) is 0 Å². The zero-order valence-corrected chi connectivity index (χ0v) is 34.2. The summed E-state index contributed by atoms with van der Waals surface area (Å²) >= 11 is 0. The Morgan fingerprint density at radius 1 is 0.537 bits per heavy atom. The average molecular weight is 736 g/mol. The lowest BCUT2D eigenvalue weighted by atomic mass is 9.44. The van der Waals surface area contributed by atoms with Crippen LogP contribution in [0.3, 0.4) is 0 Å². The van der Waals surface area contributed by atoms with E-state index in [2.05, 4.69) is 79.3 Å². The maximum atomic E-state index is 11.0. The van der Waals surface area contributed by atoms with E-state index in [1.165, 1.54) is 112 Å². The number of nitrogens with zero attached hydrogens (tertiary/aromatic N) is 3. The van der Waals surface area contributed by atoms with E-state index in [9.17, 15) is 10.2 Å². The summed E-state index contributed by atoms with van der Waals surface area (Å²) in [6.45, 7) is 14.2. The van der Waals surface area contributed by atoms with Crippen LogP contribution >= 0.6 is 0 Å². The van der Waals surface area contributed by atoms with Gasteiger partial charge < -0.3 is 10.2 Å². The van der Waals surface area contributed by atoms with Gasteiger partial charge in [0.2, 0.25) is 0 Å². The first kappa shape index (κ1) is 37.1. The van der Waals surface area contributed by atoms with Crippen molar-refractivity contribution in [1.82, 2.24) is 25.4 Å². The molecule has 8 aliphatic carbocycles. The molecule has 11 rings (SSSR count). The van der Waals surface area contributed by atoms with Gasteiger partial charge in [-0.2, -0.15) is 10.2 Å². The van der Waals surface area contributed by atoms with Crippen LogP contribution in [0.2, 0.25) is 0 Å². The van der Waals surface area contributed by atoms with E-state index in [-0.39, 0.29) is 10.8 Å². The first-order valence-electron chi connectivity index (χ1n) is 22.0. The molecule has 14 atom stereocenters. The quantitative estimate of drug-likeness (QED) is 0.184. The molecule has 0 amide bonds. The number of fused-ring (bicyclic) bond motifs is 12. The predicted octanol–water partition coefficient (Wildman–Crippen LogP) is 9.32. The SMILES string of the molecule is C[C@]12Cc3cn[nH]c3C[C@@H]1CC[C@@H]1[C@@H]2CC[C@@]2(C)[C@H]1CC[C@]2(C)O.C[C@]12Cc3cn[nH]c3C[C@@H]1CC[C@@H]1[C@@H]2CC[C@@]2(C)[C@H]1CC[C@]2(C)O.c1ccncc1. The first-order valence-corrected chi connectivity index (χ1v) is 22.0. The summed E-state index contributed by atoms with van der Waals surface area (Å²) in [6, 6.07) is 5.72. The topological polar surface area (TPSA) is 111 Å². The van der Waals surface area contributed by atoms with Gasteiger partial charge in [0, 0.05) is 23.8 Å². The molecule has 8 aliphatic rings. The van der Waals surface area contributed by atoms with Crippen LogP contribution in [0.1, 0.15) is 141 Å². The molecule has 0 aliphatic heterocycles. The highest BCUT2D eigenvalue weighted by atomic mass is 16.3. The van der Waals surface area contributed by atoms with Crippen LogP contribution in [0.25, 0.3) is 0 Å². The van der Waals surface area contributed by atoms with Gasteiger partial charge in [-0.1, -0.05) is 33.8 Å². The summed E-state index contributed by atoms with van der Waals surface area (Å²) in [6.07, 6.45) is 27.5. The zero-order valence-electron chi connectivity index (χ0n) is 34.2. The van der Waals surface area contributed by atoms with E-state index < -0.39 is 11.2 Å². The number of aromatic amines is 2. The minimum Gasteiger partial charge on any atom is -0.390 e. The molecular formula is C47H69N5O2. The summed E-state index contributed by atoms with van der Waals surface area (Å²) in [4.78, 5) is 3.78. The molecule has 3 aromatic heterocycles. The highest BCUT2D eigenvalue weighted by Crippen LogP contribution is 2.69. The van der Waals surface area contributed by atoms with Gasteiger partial charge in [-0.3, -0.25) is 15.2 Å². The van der Waals surface area contributed by atoms with Crippen molar-refractivity contribution in [3.05, 3.63) is 65.5 Å². The fourth-order valence-electron chi connectivity index (χ4n) is 15.7. The molecule has 3 aromatic rings. The van der Waals surface area contributed by atoms with Gasteiger partial charge in [-0.05, 0) is 209 Å². The number of pyridine rings is 1. The number of H-pyrrole nitrogens is 2. The molecule has 3 heterocycles. The van der Waals surface area contributed by atoms with Crippen LogP contribution in [0.5, 0.6) is 0 Å². The minimum atomic E-state index is -0.454. The van der Waals surface area contributed by atoms with E-state index in [1.807, 2.05) is 18.2 Å². The summed E-state index contributed by atoms with van der Waals surface area (Å²) in [5, 5.41) is 37.2. The van der Waals surface area contributed by atoms with Crippen LogP contribution < -0.4 is 0 Å². The molecule has 54 heavy (non-hydrogen) atoms. The van der Waals surface area contributed by atoms with Gasteiger partial charge in [0.05, 0.1) is 23.6 Å². The van der Waals surface area contributed by atoms with Crippen LogP contribution in [0.4, 0.5) is 0 Å². The predicted molar refractivity (Wildman–Crippen MR) is 213 cm³/mol. The molecule has 0 aromatic carbocycles. The second-order valence-electron chi connectivity index (χ2n) is 21.4. The largest absolute Gasteiger partial charge is 0.390 e. The van der Waals surface area contributed by atoms with Gasteiger partial charge in [-0.15, -0.1) is 0 Å². The van der Waals surface area contributed by atoms with Crippen molar-refractivity contribution in [1.29, 1.82) is 0 Å². The van der Waals surface area contributed by atoms with Gasteiger partial charge in [0.1, 0.15) is 0 Å². The van der Waals surface area contributed by atoms with Crippen molar-refractivity contribution in [2.24, 2.45) is 69.0 Å². The third kappa shape index (κ3) is 5.50. The highest BCUT2D eigenvalue weighted by molar-refractivity contribution is 5.27. The Morgan fingerprint density at radius 2 is 0.963 bits per heavy atom. The second kappa shape index (κ2) is 13.0. The van der Waals surface area contributed by atoms with Gasteiger partial charge >= 0.3 is 0 Å².